The zero-order valence-electron chi connectivity index (χ0n) is 10.6. The Labute approximate surface area is 110 Å². The molecule has 1 aromatic carbocycles. The van der Waals surface area contributed by atoms with Crippen LogP contribution in [0, 0.1) is 5.92 Å². The fourth-order valence-corrected chi connectivity index (χ4v) is 2.55. The molecule has 18 heavy (non-hydrogen) atoms. The number of piperidine rings is 1. The van der Waals surface area contributed by atoms with Crippen LogP contribution in [0.25, 0.3) is 0 Å². The normalized spacial score (nSPS) is 16.8. The predicted octanol–water partition coefficient (Wildman–Crippen LogP) is 1.98. The standard InChI is InChI=1S/C14H19BN2O/c15-8-5-11-6-9-17(10-7-11)13-3-1-12(2-4-13)14(16)18/h1-4,11H,5-10H2,(H2,16,18). The zero-order chi connectivity index (χ0) is 13.0. The quantitative estimate of drug-likeness (QED) is 0.820. The van der Waals surface area contributed by atoms with Gasteiger partial charge in [-0.2, -0.15) is 0 Å². The lowest BCUT2D eigenvalue weighted by atomic mass is 9.87. The van der Waals surface area contributed by atoms with Crippen LogP contribution in [-0.4, -0.2) is 26.8 Å². The van der Waals surface area contributed by atoms with Gasteiger partial charge < -0.3 is 10.6 Å². The topological polar surface area (TPSA) is 46.3 Å². The summed E-state index contributed by atoms with van der Waals surface area (Å²) in [6.07, 6.45) is 4.33. The molecule has 2 rings (SSSR count). The molecule has 0 unspecified atom stereocenters. The van der Waals surface area contributed by atoms with Gasteiger partial charge in [0, 0.05) is 24.3 Å². The van der Waals surface area contributed by atoms with Crippen molar-refractivity contribution in [2.75, 3.05) is 18.0 Å². The average molecular weight is 242 g/mol. The first-order chi connectivity index (χ1) is 8.70. The molecule has 1 fully saturated rings. The first kappa shape index (κ1) is 13.0. The lowest BCUT2D eigenvalue weighted by Gasteiger charge is -2.33. The van der Waals surface area contributed by atoms with Gasteiger partial charge in [-0.3, -0.25) is 4.79 Å². The molecule has 1 heterocycles. The average Bonchev–Trinajstić information content (AvgIpc) is 2.40. The summed E-state index contributed by atoms with van der Waals surface area (Å²) in [7, 11) is 5.59. The summed E-state index contributed by atoms with van der Waals surface area (Å²) < 4.78 is 0. The van der Waals surface area contributed by atoms with Gasteiger partial charge in [0.05, 0.1) is 7.85 Å². The number of carbonyl (C=O) groups excluding carboxylic acids is 1. The molecule has 0 saturated carbocycles. The minimum atomic E-state index is -0.372. The van der Waals surface area contributed by atoms with Crippen molar-refractivity contribution >= 4 is 19.4 Å². The Bertz CT molecular complexity index is 397. The van der Waals surface area contributed by atoms with Gasteiger partial charge in [0.1, 0.15) is 0 Å². The van der Waals surface area contributed by atoms with Crippen molar-refractivity contribution in [3.8, 4) is 0 Å². The van der Waals surface area contributed by atoms with Crippen molar-refractivity contribution in [1.82, 2.24) is 0 Å². The Morgan fingerprint density at radius 3 is 2.39 bits per heavy atom. The molecular weight excluding hydrogens is 223 g/mol. The van der Waals surface area contributed by atoms with E-state index >= 15 is 0 Å². The minimum absolute atomic E-state index is 0.372. The Kier molecular flexibility index (Phi) is 4.29. The number of hydrogen-bond donors (Lipinski definition) is 1. The molecule has 3 nitrogen and oxygen atoms in total. The number of hydrogen-bond acceptors (Lipinski definition) is 2. The molecular formula is C14H19BN2O. The van der Waals surface area contributed by atoms with Crippen molar-refractivity contribution in [3.63, 3.8) is 0 Å². The Balaban J connectivity index is 1.95. The number of nitrogens with zero attached hydrogens (tertiary/aromatic N) is 1. The highest BCUT2D eigenvalue weighted by atomic mass is 16.1. The van der Waals surface area contributed by atoms with Crippen LogP contribution in [0.15, 0.2) is 24.3 Å². The number of amides is 1. The summed E-state index contributed by atoms with van der Waals surface area (Å²) in [6, 6.07) is 7.54. The van der Waals surface area contributed by atoms with E-state index in [1.807, 2.05) is 12.1 Å². The molecule has 1 aromatic rings. The van der Waals surface area contributed by atoms with Crippen LogP contribution >= 0.6 is 0 Å². The number of nitrogens with two attached hydrogens (primary N) is 1. The van der Waals surface area contributed by atoms with Gasteiger partial charge in [0.15, 0.2) is 0 Å². The van der Waals surface area contributed by atoms with Gasteiger partial charge in [-0.15, -0.1) is 0 Å². The maximum absolute atomic E-state index is 11.0. The molecule has 1 amide bonds. The summed E-state index contributed by atoms with van der Waals surface area (Å²) in [4.78, 5) is 13.4. The molecule has 0 atom stereocenters. The van der Waals surface area contributed by atoms with Crippen LogP contribution < -0.4 is 10.6 Å². The van der Waals surface area contributed by atoms with E-state index in [1.165, 1.54) is 18.5 Å². The lowest BCUT2D eigenvalue weighted by Crippen LogP contribution is -2.33. The summed E-state index contributed by atoms with van der Waals surface area (Å²) in [6.45, 7) is 2.14. The maximum Gasteiger partial charge on any atom is 0.248 e. The van der Waals surface area contributed by atoms with Crippen molar-refractivity contribution in [2.24, 2.45) is 11.7 Å². The highest BCUT2D eigenvalue weighted by molar-refractivity contribution is 6.08. The molecule has 1 aliphatic heterocycles. The van der Waals surface area contributed by atoms with E-state index in [9.17, 15) is 4.79 Å². The van der Waals surface area contributed by atoms with Gasteiger partial charge in [-0.1, -0.05) is 12.7 Å². The van der Waals surface area contributed by atoms with Crippen LogP contribution in [-0.2, 0) is 0 Å². The Morgan fingerprint density at radius 2 is 1.89 bits per heavy atom. The highest BCUT2D eigenvalue weighted by Crippen LogP contribution is 2.25. The van der Waals surface area contributed by atoms with E-state index in [0.29, 0.717) is 5.56 Å². The number of primary amides is 1. The summed E-state index contributed by atoms with van der Waals surface area (Å²) >= 11 is 0. The zero-order valence-corrected chi connectivity index (χ0v) is 10.6. The smallest absolute Gasteiger partial charge is 0.248 e. The number of benzene rings is 1. The van der Waals surface area contributed by atoms with Gasteiger partial charge in [0.2, 0.25) is 5.91 Å². The third-order valence-electron chi connectivity index (χ3n) is 3.71. The third-order valence-corrected chi connectivity index (χ3v) is 3.71. The summed E-state index contributed by atoms with van der Waals surface area (Å²) in [5.41, 5.74) is 6.97. The maximum atomic E-state index is 11.0. The number of rotatable bonds is 4. The van der Waals surface area contributed by atoms with E-state index in [-0.39, 0.29) is 5.91 Å². The monoisotopic (exact) mass is 242 g/mol. The lowest BCUT2D eigenvalue weighted by molar-refractivity contribution is 0.100. The van der Waals surface area contributed by atoms with Crippen molar-refractivity contribution in [2.45, 2.75) is 25.6 Å². The fraction of sp³-hybridized carbons (Fsp3) is 0.500. The van der Waals surface area contributed by atoms with E-state index in [2.05, 4.69) is 4.90 Å². The van der Waals surface area contributed by atoms with Crippen molar-refractivity contribution < 1.29 is 4.79 Å². The van der Waals surface area contributed by atoms with Crippen LogP contribution in [0.1, 0.15) is 29.6 Å². The molecule has 94 valence electrons. The van der Waals surface area contributed by atoms with Gasteiger partial charge >= 0.3 is 0 Å². The molecule has 0 spiro atoms. The minimum Gasteiger partial charge on any atom is -0.372 e. The summed E-state index contributed by atoms with van der Waals surface area (Å²) in [5, 5.41) is 0. The second-order valence-electron chi connectivity index (χ2n) is 4.92. The third kappa shape index (κ3) is 3.06. The Hall–Kier alpha value is -1.45. The predicted molar refractivity (Wildman–Crippen MR) is 75.1 cm³/mol. The highest BCUT2D eigenvalue weighted by Gasteiger charge is 2.18. The van der Waals surface area contributed by atoms with E-state index < -0.39 is 0 Å². The second kappa shape index (κ2) is 5.94. The SMILES string of the molecule is [B]CCC1CCN(c2ccc(C(N)=O)cc2)CC1. The fourth-order valence-electron chi connectivity index (χ4n) is 2.55. The van der Waals surface area contributed by atoms with E-state index in [1.54, 1.807) is 12.1 Å². The van der Waals surface area contributed by atoms with Crippen molar-refractivity contribution in [3.05, 3.63) is 29.8 Å². The summed E-state index contributed by atoms with van der Waals surface area (Å²) in [5.74, 6) is 0.402. The van der Waals surface area contributed by atoms with Crippen LogP contribution in [0.4, 0.5) is 5.69 Å². The van der Waals surface area contributed by atoms with Gasteiger partial charge in [-0.25, -0.2) is 0 Å². The molecule has 1 aliphatic rings. The van der Waals surface area contributed by atoms with Crippen molar-refractivity contribution in [1.29, 1.82) is 0 Å². The molecule has 2 N–H and O–H groups in total. The van der Waals surface area contributed by atoms with E-state index in [0.717, 1.165) is 31.7 Å². The van der Waals surface area contributed by atoms with Crippen LogP contribution in [0.3, 0.4) is 0 Å². The largest absolute Gasteiger partial charge is 0.372 e. The molecule has 2 radical (unpaired) electrons. The van der Waals surface area contributed by atoms with E-state index in [4.69, 9.17) is 13.6 Å². The second-order valence-corrected chi connectivity index (χ2v) is 4.92. The molecule has 0 aromatic heterocycles. The Morgan fingerprint density at radius 1 is 1.28 bits per heavy atom. The molecule has 1 saturated heterocycles. The first-order valence-electron chi connectivity index (χ1n) is 6.55. The molecule has 0 aliphatic carbocycles. The molecule has 4 heteroatoms. The van der Waals surface area contributed by atoms with Crippen LogP contribution in [0.5, 0.6) is 0 Å². The van der Waals surface area contributed by atoms with Crippen LogP contribution in [0.2, 0.25) is 6.32 Å². The molecule has 0 bridgehead atoms. The van der Waals surface area contributed by atoms with Gasteiger partial charge in [-0.05, 0) is 43.0 Å². The van der Waals surface area contributed by atoms with Gasteiger partial charge in [0.25, 0.3) is 0 Å². The number of anilines is 1. The first-order valence-corrected chi connectivity index (χ1v) is 6.55. The number of carbonyl (C=O) groups is 1.